The van der Waals surface area contributed by atoms with Gasteiger partial charge in [0.15, 0.2) is 0 Å². The molecule has 2 saturated heterocycles. The fourth-order valence-corrected chi connectivity index (χ4v) is 3.03. The average molecular weight is 319 g/mol. The molecule has 126 valence electrons. The molecule has 1 aromatic rings. The molecule has 23 heavy (non-hydrogen) atoms. The van der Waals surface area contributed by atoms with Crippen molar-refractivity contribution in [1.82, 2.24) is 10.2 Å². The minimum absolute atomic E-state index is 0.138. The number of aliphatic hydroxyl groups is 1. The van der Waals surface area contributed by atoms with Crippen molar-refractivity contribution in [2.45, 2.75) is 18.6 Å². The van der Waals surface area contributed by atoms with Gasteiger partial charge in [-0.15, -0.1) is 0 Å². The Kier molecular flexibility index (Phi) is 5.15. The minimum Gasteiger partial charge on any atom is -0.389 e. The second-order valence-corrected chi connectivity index (χ2v) is 6.35. The van der Waals surface area contributed by atoms with E-state index in [9.17, 15) is 9.90 Å². The summed E-state index contributed by atoms with van der Waals surface area (Å²) in [5.41, 5.74) is 1.78. The van der Waals surface area contributed by atoms with Crippen molar-refractivity contribution in [2.75, 3.05) is 51.3 Å². The van der Waals surface area contributed by atoms with E-state index in [0.717, 1.165) is 31.9 Å². The number of ether oxygens (including phenoxy) is 1. The fourth-order valence-electron chi connectivity index (χ4n) is 3.03. The number of aliphatic hydroxyl groups excluding tert-OH is 1. The topological polar surface area (TPSA) is 65.0 Å². The summed E-state index contributed by atoms with van der Waals surface area (Å²) in [6.07, 6.45) is 0.0176. The Morgan fingerprint density at radius 2 is 1.91 bits per heavy atom. The van der Waals surface area contributed by atoms with Crippen molar-refractivity contribution in [1.29, 1.82) is 0 Å². The zero-order valence-electron chi connectivity index (χ0n) is 13.6. The molecule has 1 amide bonds. The summed E-state index contributed by atoms with van der Waals surface area (Å²) in [6.45, 7) is 5.00. The number of nitrogens with one attached hydrogen (secondary N) is 1. The first-order valence-corrected chi connectivity index (χ1v) is 8.24. The quantitative estimate of drug-likeness (QED) is 0.840. The second-order valence-electron chi connectivity index (χ2n) is 6.35. The van der Waals surface area contributed by atoms with Crippen LogP contribution in [0.25, 0.3) is 0 Å². The number of rotatable bonds is 3. The highest BCUT2D eigenvalue weighted by Crippen LogP contribution is 2.17. The molecule has 1 aromatic carbocycles. The molecular formula is C17H25N3O3. The van der Waals surface area contributed by atoms with Crippen LogP contribution in [0.1, 0.15) is 16.8 Å². The number of likely N-dealkylation sites (N-methyl/N-ethyl adjacent to an activating group) is 1. The number of anilines is 1. The van der Waals surface area contributed by atoms with Crippen LogP contribution in [0.15, 0.2) is 24.3 Å². The SMILES string of the molecule is CN1CCN(c2ccc(C(=O)N[C@@H]3CCOC[C@H]3O)cc2)CC1. The molecule has 2 N–H and O–H groups in total. The Balaban J connectivity index is 1.59. The number of hydrogen-bond donors (Lipinski definition) is 2. The third kappa shape index (κ3) is 4.02. The Bertz CT molecular complexity index is 526. The van der Waals surface area contributed by atoms with Crippen LogP contribution in [0.2, 0.25) is 0 Å². The highest BCUT2D eigenvalue weighted by molar-refractivity contribution is 5.94. The van der Waals surface area contributed by atoms with Crippen molar-refractivity contribution in [2.24, 2.45) is 0 Å². The van der Waals surface area contributed by atoms with Crippen molar-refractivity contribution in [3.8, 4) is 0 Å². The second kappa shape index (κ2) is 7.29. The standard InChI is InChI=1S/C17H25N3O3/c1-19-7-9-20(10-8-19)14-4-2-13(3-5-14)17(22)18-15-6-11-23-12-16(15)21/h2-5,15-16,21H,6-12H2,1H3,(H,18,22)/t15-,16-/m1/s1. The monoisotopic (exact) mass is 319 g/mol. The third-order valence-corrected chi connectivity index (χ3v) is 4.64. The smallest absolute Gasteiger partial charge is 0.251 e. The number of nitrogens with zero attached hydrogens (tertiary/aromatic N) is 2. The van der Waals surface area contributed by atoms with Crippen molar-refractivity contribution in [3.05, 3.63) is 29.8 Å². The summed E-state index contributed by atoms with van der Waals surface area (Å²) in [5.74, 6) is -0.138. The van der Waals surface area contributed by atoms with Gasteiger partial charge in [-0.3, -0.25) is 4.79 Å². The summed E-state index contributed by atoms with van der Waals surface area (Å²) < 4.78 is 5.18. The van der Waals surface area contributed by atoms with Gasteiger partial charge in [0.2, 0.25) is 0 Å². The van der Waals surface area contributed by atoms with Crippen LogP contribution in [0.5, 0.6) is 0 Å². The minimum atomic E-state index is -0.627. The van der Waals surface area contributed by atoms with Gasteiger partial charge >= 0.3 is 0 Å². The molecule has 6 nitrogen and oxygen atoms in total. The molecule has 0 unspecified atom stereocenters. The fraction of sp³-hybridized carbons (Fsp3) is 0.588. The van der Waals surface area contributed by atoms with E-state index in [1.807, 2.05) is 24.3 Å². The number of carbonyl (C=O) groups is 1. The van der Waals surface area contributed by atoms with Gasteiger partial charge in [0.25, 0.3) is 5.91 Å². The summed E-state index contributed by atoms with van der Waals surface area (Å²) in [6, 6.07) is 7.48. The Morgan fingerprint density at radius 3 is 2.57 bits per heavy atom. The molecule has 2 aliphatic heterocycles. The van der Waals surface area contributed by atoms with Gasteiger partial charge in [0, 0.05) is 44.0 Å². The Hall–Kier alpha value is -1.63. The lowest BCUT2D eigenvalue weighted by Crippen LogP contribution is -2.48. The number of benzene rings is 1. The third-order valence-electron chi connectivity index (χ3n) is 4.64. The van der Waals surface area contributed by atoms with E-state index in [0.29, 0.717) is 18.6 Å². The van der Waals surface area contributed by atoms with Gasteiger partial charge in [-0.05, 0) is 37.7 Å². The largest absolute Gasteiger partial charge is 0.389 e. The van der Waals surface area contributed by atoms with Crippen molar-refractivity contribution < 1.29 is 14.6 Å². The van der Waals surface area contributed by atoms with Gasteiger partial charge in [-0.2, -0.15) is 0 Å². The van der Waals surface area contributed by atoms with Crippen LogP contribution in [-0.2, 0) is 4.74 Å². The number of piperazine rings is 1. The molecule has 0 bridgehead atoms. The van der Waals surface area contributed by atoms with Crippen molar-refractivity contribution in [3.63, 3.8) is 0 Å². The van der Waals surface area contributed by atoms with Crippen LogP contribution in [0, 0.1) is 0 Å². The maximum Gasteiger partial charge on any atom is 0.251 e. The van der Waals surface area contributed by atoms with Crippen LogP contribution >= 0.6 is 0 Å². The zero-order chi connectivity index (χ0) is 16.2. The van der Waals surface area contributed by atoms with E-state index < -0.39 is 6.10 Å². The van der Waals surface area contributed by atoms with Gasteiger partial charge in [-0.25, -0.2) is 0 Å². The first-order chi connectivity index (χ1) is 11.1. The zero-order valence-corrected chi connectivity index (χ0v) is 13.6. The number of amides is 1. The normalized spacial score (nSPS) is 26.1. The molecule has 2 atom stereocenters. The molecule has 0 aliphatic carbocycles. The molecule has 0 radical (unpaired) electrons. The van der Waals surface area contributed by atoms with E-state index >= 15 is 0 Å². The highest BCUT2D eigenvalue weighted by Gasteiger charge is 2.25. The highest BCUT2D eigenvalue weighted by atomic mass is 16.5. The summed E-state index contributed by atoms with van der Waals surface area (Å²) in [5, 5.41) is 12.8. The lowest BCUT2D eigenvalue weighted by Gasteiger charge is -2.34. The average Bonchev–Trinajstić information content (AvgIpc) is 2.58. The number of carbonyl (C=O) groups excluding carboxylic acids is 1. The predicted octanol–water partition coefficient (Wildman–Crippen LogP) is 0.318. The molecule has 0 aromatic heterocycles. The molecule has 2 aliphatic rings. The molecule has 0 saturated carbocycles. The predicted molar refractivity (Wildman–Crippen MR) is 88.8 cm³/mol. The van der Waals surface area contributed by atoms with Gasteiger partial charge in [0.05, 0.1) is 18.8 Å². The lowest BCUT2D eigenvalue weighted by atomic mass is 10.1. The van der Waals surface area contributed by atoms with Crippen molar-refractivity contribution >= 4 is 11.6 Å². The van der Waals surface area contributed by atoms with Crippen LogP contribution in [-0.4, -0.2) is 74.5 Å². The van der Waals surface area contributed by atoms with Crippen LogP contribution in [0.3, 0.4) is 0 Å². The maximum atomic E-state index is 12.3. The molecule has 2 fully saturated rings. The molecular weight excluding hydrogens is 294 g/mol. The first kappa shape index (κ1) is 16.2. The van der Waals surface area contributed by atoms with E-state index in [4.69, 9.17) is 4.74 Å². The molecule has 0 spiro atoms. The summed E-state index contributed by atoms with van der Waals surface area (Å²) >= 11 is 0. The summed E-state index contributed by atoms with van der Waals surface area (Å²) in [4.78, 5) is 17.0. The molecule has 3 rings (SSSR count). The summed E-state index contributed by atoms with van der Waals surface area (Å²) in [7, 11) is 2.13. The van der Waals surface area contributed by atoms with E-state index in [1.165, 1.54) is 0 Å². The lowest BCUT2D eigenvalue weighted by molar-refractivity contribution is -0.0260. The van der Waals surface area contributed by atoms with Gasteiger partial charge in [-0.1, -0.05) is 0 Å². The van der Waals surface area contributed by atoms with Gasteiger partial charge in [0.1, 0.15) is 0 Å². The molecule has 6 heteroatoms. The molecule has 2 heterocycles. The maximum absolute atomic E-state index is 12.3. The Morgan fingerprint density at radius 1 is 1.22 bits per heavy atom. The first-order valence-electron chi connectivity index (χ1n) is 8.24. The van der Waals surface area contributed by atoms with Crippen LogP contribution < -0.4 is 10.2 Å². The Labute approximate surface area is 137 Å². The van der Waals surface area contributed by atoms with Crippen LogP contribution in [0.4, 0.5) is 5.69 Å². The number of hydrogen-bond acceptors (Lipinski definition) is 5. The van der Waals surface area contributed by atoms with Gasteiger partial charge < -0.3 is 25.0 Å². The van der Waals surface area contributed by atoms with E-state index in [2.05, 4.69) is 22.2 Å². The van der Waals surface area contributed by atoms with E-state index in [1.54, 1.807) is 0 Å². The van der Waals surface area contributed by atoms with E-state index in [-0.39, 0.29) is 18.6 Å².